The first kappa shape index (κ1) is 12.4. The summed E-state index contributed by atoms with van der Waals surface area (Å²) in [5.41, 5.74) is 0. The second-order valence-corrected chi connectivity index (χ2v) is 2.44. The molecule has 0 saturated carbocycles. The Morgan fingerprint density at radius 3 is 2.50 bits per heavy atom. The Morgan fingerprint density at radius 1 is 1.43 bits per heavy atom. The minimum atomic E-state index is -0.916. The molecule has 0 aliphatic carbocycles. The highest BCUT2D eigenvalue weighted by Gasteiger charge is 2.23. The van der Waals surface area contributed by atoms with Crippen molar-refractivity contribution < 1.29 is 19.1 Å². The van der Waals surface area contributed by atoms with Crippen LogP contribution in [0, 0.1) is 5.92 Å². The van der Waals surface area contributed by atoms with Gasteiger partial charge in [-0.15, -0.1) is 0 Å². The standard InChI is InChI=1S/C8H14N2O4/c1-3-13-7(11)6(2)8(12)14-5-4-10-9/h4,6H,3,5,9H2,1-2H3. The summed E-state index contributed by atoms with van der Waals surface area (Å²) in [6, 6.07) is 0. The van der Waals surface area contributed by atoms with Gasteiger partial charge in [-0.3, -0.25) is 9.59 Å². The minimum Gasteiger partial charge on any atom is -0.465 e. The van der Waals surface area contributed by atoms with Crippen LogP contribution in [-0.4, -0.2) is 31.4 Å². The predicted molar refractivity (Wildman–Crippen MR) is 49.4 cm³/mol. The molecule has 80 valence electrons. The van der Waals surface area contributed by atoms with Crippen LogP contribution in [0.5, 0.6) is 0 Å². The molecule has 0 heterocycles. The third-order valence-corrected chi connectivity index (χ3v) is 1.40. The third kappa shape index (κ3) is 4.44. The molecule has 6 heteroatoms. The van der Waals surface area contributed by atoms with Crippen LogP contribution in [0.15, 0.2) is 5.10 Å². The number of nitrogens with zero attached hydrogens (tertiary/aromatic N) is 1. The van der Waals surface area contributed by atoms with Gasteiger partial charge in [-0.2, -0.15) is 5.10 Å². The summed E-state index contributed by atoms with van der Waals surface area (Å²) in [4.78, 5) is 22.1. The second-order valence-electron chi connectivity index (χ2n) is 2.44. The Hall–Kier alpha value is -1.59. The van der Waals surface area contributed by atoms with E-state index < -0.39 is 17.9 Å². The number of hydrogen-bond acceptors (Lipinski definition) is 6. The quantitative estimate of drug-likeness (QED) is 0.217. The molecule has 0 spiro atoms. The number of hydrazone groups is 1. The van der Waals surface area contributed by atoms with Crippen molar-refractivity contribution in [1.82, 2.24) is 0 Å². The van der Waals surface area contributed by atoms with Gasteiger partial charge in [0.2, 0.25) is 0 Å². The number of carbonyl (C=O) groups excluding carboxylic acids is 2. The van der Waals surface area contributed by atoms with Crippen LogP contribution in [0.2, 0.25) is 0 Å². The molecule has 1 unspecified atom stereocenters. The molecule has 0 radical (unpaired) electrons. The zero-order chi connectivity index (χ0) is 11.0. The fraction of sp³-hybridized carbons (Fsp3) is 0.625. The number of ether oxygens (including phenoxy) is 2. The van der Waals surface area contributed by atoms with Crippen molar-refractivity contribution in [2.24, 2.45) is 16.9 Å². The fourth-order valence-electron chi connectivity index (χ4n) is 0.651. The van der Waals surface area contributed by atoms with Crippen LogP contribution < -0.4 is 5.84 Å². The number of esters is 2. The molecular formula is C8H14N2O4. The topological polar surface area (TPSA) is 91.0 Å². The van der Waals surface area contributed by atoms with E-state index in [4.69, 9.17) is 5.84 Å². The Kier molecular flexibility index (Phi) is 6.09. The van der Waals surface area contributed by atoms with Gasteiger partial charge < -0.3 is 15.3 Å². The van der Waals surface area contributed by atoms with Gasteiger partial charge in [0.15, 0.2) is 5.92 Å². The summed E-state index contributed by atoms with van der Waals surface area (Å²) in [5.74, 6) is 2.62. The van der Waals surface area contributed by atoms with Crippen molar-refractivity contribution in [2.45, 2.75) is 13.8 Å². The Balaban J connectivity index is 3.92. The van der Waals surface area contributed by atoms with E-state index in [0.29, 0.717) is 0 Å². The Morgan fingerprint density at radius 2 is 2.00 bits per heavy atom. The molecule has 0 aromatic heterocycles. The molecule has 0 fully saturated rings. The molecule has 1 atom stereocenters. The first-order chi connectivity index (χ1) is 6.63. The van der Waals surface area contributed by atoms with Gasteiger partial charge in [-0.05, 0) is 13.8 Å². The van der Waals surface area contributed by atoms with Crippen molar-refractivity contribution in [2.75, 3.05) is 13.2 Å². The van der Waals surface area contributed by atoms with Crippen molar-refractivity contribution in [1.29, 1.82) is 0 Å². The molecule has 0 amide bonds. The van der Waals surface area contributed by atoms with Crippen LogP contribution in [0.3, 0.4) is 0 Å². The first-order valence-corrected chi connectivity index (χ1v) is 4.18. The summed E-state index contributed by atoms with van der Waals surface area (Å²) in [5, 5.41) is 3.13. The highest BCUT2D eigenvalue weighted by Crippen LogP contribution is 2.01. The average molecular weight is 202 g/mol. The molecule has 2 N–H and O–H groups in total. The lowest BCUT2D eigenvalue weighted by Crippen LogP contribution is -2.25. The highest BCUT2D eigenvalue weighted by atomic mass is 16.6. The summed E-state index contributed by atoms with van der Waals surface area (Å²) >= 11 is 0. The maximum Gasteiger partial charge on any atom is 0.320 e. The molecule has 0 saturated heterocycles. The lowest BCUT2D eigenvalue weighted by atomic mass is 10.2. The van der Waals surface area contributed by atoms with Crippen molar-refractivity contribution in [3.63, 3.8) is 0 Å². The Labute approximate surface area is 82.0 Å². The van der Waals surface area contributed by atoms with Crippen LogP contribution in [0.4, 0.5) is 0 Å². The molecule has 0 bridgehead atoms. The molecule has 0 aromatic rings. The molecule has 0 aliphatic rings. The summed E-state index contributed by atoms with van der Waals surface area (Å²) in [6.07, 6.45) is 1.22. The lowest BCUT2D eigenvalue weighted by molar-refractivity contribution is -0.159. The van der Waals surface area contributed by atoms with Crippen molar-refractivity contribution >= 4 is 18.2 Å². The van der Waals surface area contributed by atoms with Crippen LogP contribution in [0.25, 0.3) is 0 Å². The van der Waals surface area contributed by atoms with Crippen molar-refractivity contribution in [3.8, 4) is 0 Å². The Bertz CT molecular complexity index is 227. The lowest BCUT2D eigenvalue weighted by Gasteiger charge is -2.08. The zero-order valence-corrected chi connectivity index (χ0v) is 8.23. The van der Waals surface area contributed by atoms with E-state index in [-0.39, 0.29) is 13.2 Å². The van der Waals surface area contributed by atoms with Crippen LogP contribution >= 0.6 is 0 Å². The van der Waals surface area contributed by atoms with E-state index >= 15 is 0 Å². The van der Waals surface area contributed by atoms with Crippen LogP contribution in [0.1, 0.15) is 13.8 Å². The van der Waals surface area contributed by atoms with Crippen LogP contribution in [-0.2, 0) is 19.1 Å². The van der Waals surface area contributed by atoms with E-state index in [9.17, 15) is 9.59 Å². The number of carbonyl (C=O) groups is 2. The largest absolute Gasteiger partial charge is 0.465 e. The van der Waals surface area contributed by atoms with E-state index in [0.717, 1.165) is 0 Å². The first-order valence-electron chi connectivity index (χ1n) is 4.18. The van der Waals surface area contributed by atoms with Gasteiger partial charge in [0.25, 0.3) is 0 Å². The second kappa shape index (κ2) is 6.88. The minimum absolute atomic E-state index is 0.0426. The normalized spacial score (nSPS) is 12.4. The van der Waals surface area contributed by atoms with Gasteiger partial charge in [0.05, 0.1) is 12.8 Å². The van der Waals surface area contributed by atoms with E-state index in [1.807, 2.05) is 0 Å². The van der Waals surface area contributed by atoms with Gasteiger partial charge >= 0.3 is 11.9 Å². The highest BCUT2D eigenvalue weighted by molar-refractivity contribution is 5.94. The number of nitrogens with two attached hydrogens (primary N) is 1. The molecule has 6 nitrogen and oxygen atoms in total. The smallest absolute Gasteiger partial charge is 0.320 e. The van der Waals surface area contributed by atoms with Gasteiger partial charge in [0, 0.05) is 0 Å². The average Bonchev–Trinajstić information content (AvgIpc) is 2.17. The monoisotopic (exact) mass is 202 g/mol. The maximum atomic E-state index is 11.1. The number of rotatable bonds is 5. The van der Waals surface area contributed by atoms with Gasteiger partial charge in [0.1, 0.15) is 6.61 Å². The molecule has 0 aromatic carbocycles. The maximum absolute atomic E-state index is 11.1. The predicted octanol–water partition coefficient (Wildman–Crippen LogP) is -0.327. The third-order valence-electron chi connectivity index (χ3n) is 1.40. The fourth-order valence-corrected chi connectivity index (χ4v) is 0.651. The number of hydrogen-bond donors (Lipinski definition) is 1. The van der Waals surface area contributed by atoms with Crippen molar-refractivity contribution in [3.05, 3.63) is 0 Å². The van der Waals surface area contributed by atoms with E-state index in [1.165, 1.54) is 13.1 Å². The molecule has 0 rings (SSSR count). The summed E-state index contributed by atoms with van der Waals surface area (Å²) in [6.45, 7) is 3.27. The molecule has 0 aliphatic heterocycles. The summed E-state index contributed by atoms with van der Waals surface area (Å²) in [7, 11) is 0. The zero-order valence-electron chi connectivity index (χ0n) is 8.23. The van der Waals surface area contributed by atoms with Gasteiger partial charge in [-0.1, -0.05) is 0 Å². The van der Waals surface area contributed by atoms with Gasteiger partial charge in [-0.25, -0.2) is 0 Å². The summed E-state index contributed by atoms with van der Waals surface area (Å²) < 4.78 is 9.28. The molecular weight excluding hydrogens is 188 g/mol. The SMILES string of the molecule is CCOC(=O)C(C)C(=O)OCC=NN. The van der Waals surface area contributed by atoms with E-state index in [2.05, 4.69) is 14.6 Å². The molecule has 14 heavy (non-hydrogen) atoms. The van der Waals surface area contributed by atoms with E-state index in [1.54, 1.807) is 6.92 Å².